The minimum absolute atomic E-state index is 0.0346. The van der Waals surface area contributed by atoms with E-state index in [9.17, 15) is 14.8 Å². The molecule has 1 aliphatic carbocycles. The van der Waals surface area contributed by atoms with Crippen LogP contribution in [-0.4, -0.2) is 27.6 Å². The maximum absolute atomic E-state index is 13.6. The number of nitrogens with zero attached hydrogens (tertiary/aromatic N) is 3. The van der Waals surface area contributed by atoms with Crippen molar-refractivity contribution in [3.8, 4) is 11.1 Å². The standard InChI is InChI=1S/C29H37N5O3/c1-19(2)34-25(15-17-30-34)28(35)32-27(23-9-7-5-6-8-10-23)29(36)31-24-13-11-22(12-14-24)26-20(3)16-18-33(37)21(26)4/h11-19,23,27H,5-10H2,1-4H3,(H,31,36)(H,32,35)/t27-/m0/s1. The number of anilines is 1. The molecule has 0 saturated heterocycles. The molecule has 0 radical (unpaired) electrons. The third kappa shape index (κ3) is 6.01. The van der Waals surface area contributed by atoms with Crippen molar-refractivity contribution in [2.75, 3.05) is 5.32 Å². The molecule has 0 bridgehead atoms. The highest BCUT2D eigenvalue weighted by Crippen LogP contribution is 2.28. The molecule has 0 spiro atoms. The predicted octanol–water partition coefficient (Wildman–Crippen LogP) is 5.09. The fourth-order valence-corrected chi connectivity index (χ4v) is 5.31. The Hall–Kier alpha value is -3.68. The van der Waals surface area contributed by atoms with Crippen LogP contribution in [0.2, 0.25) is 0 Å². The number of benzene rings is 1. The highest BCUT2D eigenvalue weighted by molar-refractivity contribution is 6.00. The van der Waals surface area contributed by atoms with E-state index in [1.54, 1.807) is 29.9 Å². The molecule has 1 fully saturated rings. The number of aromatic nitrogens is 3. The zero-order valence-electron chi connectivity index (χ0n) is 22.2. The number of carbonyl (C=O) groups excluding carboxylic acids is 2. The third-order valence-electron chi connectivity index (χ3n) is 7.32. The zero-order chi connectivity index (χ0) is 26.5. The Morgan fingerprint density at radius 2 is 1.70 bits per heavy atom. The van der Waals surface area contributed by atoms with Crippen LogP contribution < -0.4 is 15.4 Å². The molecule has 2 amide bonds. The van der Waals surface area contributed by atoms with Gasteiger partial charge in [0, 0.05) is 30.9 Å². The van der Waals surface area contributed by atoms with Gasteiger partial charge in [-0.1, -0.05) is 37.8 Å². The lowest BCUT2D eigenvalue weighted by Gasteiger charge is -2.26. The molecule has 196 valence electrons. The lowest BCUT2D eigenvalue weighted by Crippen LogP contribution is -2.49. The topological polar surface area (TPSA) is 103 Å². The van der Waals surface area contributed by atoms with Gasteiger partial charge in [-0.05, 0) is 68.9 Å². The van der Waals surface area contributed by atoms with Crippen molar-refractivity contribution < 1.29 is 14.3 Å². The monoisotopic (exact) mass is 503 g/mol. The molecule has 1 atom stereocenters. The summed E-state index contributed by atoms with van der Waals surface area (Å²) in [7, 11) is 0. The molecule has 8 nitrogen and oxygen atoms in total. The van der Waals surface area contributed by atoms with E-state index in [1.807, 2.05) is 45.0 Å². The summed E-state index contributed by atoms with van der Waals surface area (Å²) in [6.45, 7) is 7.72. The number of rotatable bonds is 7. The lowest BCUT2D eigenvalue weighted by molar-refractivity contribution is -0.611. The highest BCUT2D eigenvalue weighted by Gasteiger charge is 2.31. The smallest absolute Gasteiger partial charge is 0.270 e. The van der Waals surface area contributed by atoms with Gasteiger partial charge in [-0.15, -0.1) is 0 Å². The molecule has 1 aliphatic rings. The second-order valence-corrected chi connectivity index (χ2v) is 10.3. The Balaban J connectivity index is 1.55. The predicted molar refractivity (Wildman–Crippen MR) is 144 cm³/mol. The number of amides is 2. The first-order chi connectivity index (χ1) is 17.8. The van der Waals surface area contributed by atoms with Crippen LogP contribution in [0.15, 0.2) is 48.8 Å². The number of hydrogen-bond acceptors (Lipinski definition) is 4. The van der Waals surface area contributed by atoms with E-state index in [2.05, 4.69) is 15.7 Å². The summed E-state index contributed by atoms with van der Waals surface area (Å²) in [4.78, 5) is 26.8. The van der Waals surface area contributed by atoms with Crippen LogP contribution in [-0.2, 0) is 4.79 Å². The van der Waals surface area contributed by atoms with Gasteiger partial charge >= 0.3 is 0 Å². The van der Waals surface area contributed by atoms with E-state index in [-0.39, 0.29) is 23.8 Å². The largest absolute Gasteiger partial charge is 0.618 e. The zero-order valence-corrected chi connectivity index (χ0v) is 22.2. The van der Waals surface area contributed by atoms with E-state index in [0.29, 0.717) is 17.1 Å². The van der Waals surface area contributed by atoms with Gasteiger partial charge in [-0.3, -0.25) is 14.3 Å². The van der Waals surface area contributed by atoms with Gasteiger partial charge < -0.3 is 15.8 Å². The van der Waals surface area contributed by atoms with Crippen LogP contribution in [0.25, 0.3) is 11.1 Å². The molecule has 2 aromatic heterocycles. The Kier molecular flexibility index (Phi) is 8.26. The normalized spacial score (nSPS) is 15.3. The van der Waals surface area contributed by atoms with Gasteiger partial charge in [0.15, 0.2) is 11.9 Å². The number of pyridine rings is 1. The van der Waals surface area contributed by atoms with Gasteiger partial charge in [-0.2, -0.15) is 9.83 Å². The Morgan fingerprint density at radius 1 is 1.03 bits per heavy atom. The fourth-order valence-electron chi connectivity index (χ4n) is 5.31. The average molecular weight is 504 g/mol. The summed E-state index contributed by atoms with van der Waals surface area (Å²) in [6.07, 6.45) is 9.35. The molecule has 8 heteroatoms. The summed E-state index contributed by atoms with van der Waals surface area (Å²) >= 11 is 0. The highest BCUT2D eigenvalue weighted by atomic mass is 16.5. The molecular formula is C29H37N5O3. The van der Waals surface area contributed by atoms with Crippen molar-refractivity contribution in [1.82, 2.24) is 15.1 Å². The third-order valence-corrected chi connectivity index (χ3v) is 7.32. The summed E-state index contributed by atoms with van der Waals surface area (Å²) in [6, 6.07) is 10.4. The van der Waals surface area contributed by atoms with Crippen LogP contribution in [0.3, 0.4) is 0 Å². The van der Waals surface area contributed by atoms with Crippen LogP contribution in [0.1, 0.15) is 80.2 Å². The van der Waals surface area contributed by atoms with Gasteiger partial charge in [0.05, 0.1) is 5.56 Å². The van der Waals surface area contributed by atoms with E-state index in [0.717, 1.165) is 59.9 Å². The summed E-state index contributed by atoms with van der Waals surface area (Å²) < 4.78 is 2.54. The fraction of sp³-hybridized carbons (Fsp3) is 0.448. The van der Waals surface area contributed by atoms with E-state index in [4.69, 9.17) is 0 Å². The summed E-state index contributed by atoms with van der Waals surface area (Å²) in [5.41, 5.74) is 4.55. The van der Waals surface area contributed by atoms with Gasteiger partial charge in [-0.25, -0.2) is 0 Å². The average Bonchev–Trinajstić information content (AvgIpc) is 3.23. The molecule has 4 rings (SSSR count). The molecule has 2 N–H and O–H groups in total. The molecule has 0 aliphatic heterocycles. The maximum atomic E-state index is 13.6. The number of aryl methyl sites for hydroxylation is 1. The number of carbonyl (C=O) groups is 2. The first-order valence-electron chi connectivity index (χ1n) is 13.2. The van der Waals surface area contributed by atoms with Crippen LogP contribution in [0.4, 0.5) is 5.69 Å². The van der Waals surface area contributed by atoms with E-state index >= 15 is 0 Å². The van der Waals surface area contributed by atoms with Crippen molar-refractivity contribution in [3.05, 3.63) is 71.0 Å². The molecule has 37 heavy (non-hydrogen) atoms. The molecule has 0 unspecified atom stereocenters. The van der Waals surface area contributed by atoms with Crippen molar-refractivity contribution >= 4 is 17.5 Å². The lowest BCUT2D eigenvalue weighted by atomic mass is 9.91. The van der Waals surface area contributed by atoms with Crippen LogP contribution in [0.5, 0.6) is 0 Å². The van der Waals surface area contributed by atoms with E-state index < -0.39 is 6.04 Å². The van der Waals surface area contributed by atoms with Gasteiger partial charge in [0.1, 0.15) is 11.7 Å². The Morgan fingerprint density at radius 3 is 2.35 bits per heavy atom. The molecule has 2 heterocycles. The molecule has 3 aromatic rings. The first kappa shape index (κ1) is 26.4. The van der Waals surface area contributed by atoms with Gasteiger partial charge in [0.2, 0.25) is 5.91 Å². The summed E-state index contributed by atoms with van der Waals surface area (Å²) in [5.74, 6) is -0.428. The Bertz CT molecular complexity index is 1240. The minimum atomic E-state index is -0.640. The second kappa shape index (κ2) is 11.6. The second-order valence-electron chi connectivity index (χ2n) is 10.3. The summed E-state index contributed by atoms with van der Waals surface area (Å²) in [5, 5.41) is 22.4. The van der Waals surface area contributed by atoms with Crippen molar-refractivity contribution in [3.63, 3.8) is 0 Å². The minimum Gasteiger partial charge on any atom is -0.618 e. The van der Waals surface area contributed by atoms with Crippen LogP contribution >= 0.6 is 0 Å². The van der Waals surface area contributed by atoms with Crippen molar-refractivity contribution in [2.24, 2.45) is 5.92 Å². The number of nitrogens with one attached hydrogen (secondary N) is 2. The van der Waals surface area contributed by atoms with Crippen molar-refractivity contribution in [1.29, 1.82) is 0 Å². The quantitative estimate of drug-likeness (QED) is 0.266. The Labute approximate surface area is 218 Å². The molecule has 1 aromatic carbocycles. The van der Waals surface area contributed by atoms with Crippen molar-refractivity contribution in [2.45, 2.75) is 78.3 Å². The number of hydrogen-bond donors (Lipinski definition) is 2. The SMILES string of the molecule is Cc1cc[n+]([O-])c(C)c1-c1ccc(NC(=O)[C@@H](NC(=O)c2ccnn2C(C)C)C2CCCCCC2)cc1. The van der Waals surface area contributed by atoms with E-state index in [1.165, 1.54) is 6.20 Å². The molecule has 1 saturated carbocycles. The maximum Gasteiger partial charge on any atom is 0.270 e. The first-order valence-corrected chi connectivity index (χ1v) is 13.2. The molecular weight excluding hydrogens is 466 g/mol. The van der Waals surface area contributed by atoms with Gasteiger partial charge in [0.25, 0.3) is 5.91 Å². The van der Waals surface area contributed by atoms with Crippen LogP contribution in [0, 0.1) is 25.0 Å².